The fraction of sp³-hybridized carbons (Fsp3) is 0.412. The van der Waals surface area contributed by atoms with Crippen LogP contribution in [0.3, 0.4) is 0 Å². The van der Waals surface area contributed by atoms with Crippen LogP contribution >= 0.6 is 11.3 Å². The van der Waals surface area contributed by atoms with Crippen molar-refractivity contribution >= 4 is 27.1 Å². The first kappa shape index (κ1) is 19.4. The lowest BCUT2D eigenvalue weighted by atomic mass is 10.4. The summed E-state index contributed by atoms with van der Waals surface area (Å²) in [7, 11) is -1.62. The van der Waals surface area contributed by atoms with E-state index in [1.165, 1.54) is 4.88 Å². The summed E-state index contributed by atoms with van der Waals surface area (Å²) in [4.78, 5) is 10.2. The fourth-order valence-corrected chi connectivity index (χ4v) is 4.32. The first-order chi connectivity index (χ1) is 11.9. The number of aliphatic imine (C=N–C) groups is 1. The van der Waals surface area contributed by atoms with E-state index in [-0.39, 0.29) is 5.75 Å². The summed E-state index contributed by atoms with van der Waals surface area (Å²) in [6, 6.07) is 8.47. The summed E-state index contributed by atoms with van der Waals surface area (Å²) in [5.74, 6) is 0.607. The van der Waals surface area contributed by atoms with E-state index in [4.69, 9.17) is 0 Å². The summed E-state index contributed by atoms with van der Waals surface area (Å²) < 4.78 is 24.5. The van der Waals surface area contributed by atoms with Crippen LogP contribution in [0.5, 0.6) is 0 Å². The molecule has 136 valence electrons. The van der Waals surface area contributed by atoms with Crippen LogP contribution in [0.15, 0.2) is 40.2 Å². The average molecular weight is 381 g/mol. The number of aryl methyl sites for hydroxylation is 2. The number of aromatic nitrogens is 1. The fourth-order valence-electron chi connectivity index (χ4n) is 2.20. The Kier molecular flexibility index (Phi) is 6.95. The lowest BCUT2D eigenvalue weighted by Gasteiger charge is -2.11. The van der Waals surface area contributed by atoms with E-state index < -0.39 is 9.84 Å². The van der Waals surface area contributed by atoms with E-state index in [2.05, 4.69) is 27.5 Å². The van der Waals surface area contributed by atoms with Gasteiger partial charge in [-0.3, -0.25) is 4.99 Å². The second kappa shape index (κ2) is 8.96. The van der Waals surface area contributed by atoms with E-state index in [0.717, 1.165) is 17.1 Å². The smallest absolute Gasteiger partial charge is 0.191 e. The lowest BCUT2D eigenvalue weighted by molar-refractivity contribution is 0.594. The van der Waals surface area contributed by atoms with Gasteiger partial charge in [-0.1, -0.05) is 18.2 Å². The Balaban J connectivity index is 1.77. The molecule has 0 radical (unpaired) electrons. The van der Waals surface area contributed by atoms with Crippen molar-refractivity contribution in [2.45, 2.75) is 25.2 Å². The zero-order valence-corrected chi connectivity index (χ0v) is 16.4. The van der Waals surface area contributed by atoms with Crippen molar-refractivity contribution in [3.05, 3.63) is 45.9 Å². The summed E-state index contributed by atoms with van der Waals surface area (Å²) in [6.07, 6.45) is 0.808. The Labute approximate surface area is 153 Å². The standard InChI is InChI=1S/C17H24N4O2S2/c1-13-14(2)24-16(21-13)9-10-19-17(18-3)20-11-12-25(22,23)15-7-5-4-6-8-15/h4-8H,9-12H2,1-3H3,(H2,18,19,20). The van der Waals surface area contributed by atoms with Crippen molar-refractivity contribution in [1.29, 1.82) is 0 Å². The predicted molar refractivity (Wildman–Crippen MR) is 103 cm³/mol. The van der Waals surface area contributed by atoms with E-state index in [1.54, 1.807) is 48.7 Å². The second-order valence-electron chi connectivity index (χ2n) is 5.56. The van der Waals surface area contributed by atoms with Crippen molar-refractivity contribution in [2.75, 3.05) is 25.9 Å². The van der Waals surface area contributed by atoms with Crippen molar-refractivity contribution in [3.63, 3.8) is 0 Å². The molecule has 1 aromatic heterocycles. The normalized spacial score (nSPS) is 12.2. The molecular weight excluding hydrogens is 356 g/mol. The van der Waals surface area contributed by atoms with E-state index in [0.29, 0.717) is 23.9 Å². The number of nitrogens with zero attached hydrogens (tertiary/aromatic N) is 2. The molecule has 0 unspecified atom stereocenters. The molecule has 0 atom stereocenters. The maximum atomic E-state index is 12.2. The van der Waals surface area contributed by atoms with Gasteiger partial charge in [0.05, 0.1) is 21.3 Å². The molecule has 0 bridgehead atoms. The highest BCUT2D eigenvalue weighted by Gasteiger charge is 2.13. The van der Waals surface area contributed by atoms with Gasteiger partial charge in [-0.05, 0) is 26.0 Å². The highest BCUT2D eigenvalue weighted by Crippen LogP contribution is 2.16. The second-order valence-corrected chi connectivity index (χ2v) is 8.95. The third-order valence-corrected chi connectivity index (χ3v) is 6.56. The van der Waals surface area contributed by atoms with Gasteiger partial charge in [-0.2, -0.15) is 0 Å². The maximum Gasteiger partial charge on any atom is 0.191 e. The van der Waals surface area contributed by atoms with Gasteiger partial charge in [-0.25, -0.2) is 13.4 Å². The van der Waals surface area contributed by atoms with Crippen molar-refractivity contribution < 1.29 is 8.42 Å². The zero-order valence-electron chi connectivity index (χ0n) is 14.7. The minimum Gasteiger partial charge on any atom is -0.356 e. The third-order valence-electron chi connectivity index (χ3n) is 3.69. The molecule has 2 aromatic rings. The lowest BCUT2D eigenvalue weighted by Crippen LogP contribution is -2.40. The van der Waals surface area contributed by atoms with Gasteiger partial charge in [0.1, 0.15) is 0 Å². The Bertz CT molecular complexity index is 795. The Morgan fingerprint density at radius 2 is 1.84 bits per heavy atom. The molecular formula is C17H24N4O2S2. The van der Waals surface area contributed by atoms with Crippen LogP contribution in [-0.4, -0.2) is 45.3 Å². The number of benzene rings is 1. The molecule has 0 spiro atoms. The molecule has 0 aliphatic heterocycles. The molecule has 0 aliphatic carbocycles. The van der Waals surface area contributed by atoms with Gasteiger partial charge < -0.3 is 10.6 Å². The number of sulfone groups is 1. The Morgan fingerprint density at radius 3 is 2.44 bits per heavy atom. The monoisotopic (exact) mass is 380 g/mol. The number of nitrogens with one attached hydrogen (secondary N) is 2. The summed E-state index contributed by atoms with van der Waals surface area (Å²) in [6.45, 7) is 5.07. The van der Waals surface area contributed by atoms with E-state index in [9.17, 15) is 8.42 Å². The molecule has 0 fully saturated rings. The summed E-state index contributed by atoms with van der Waals surface area (Å²) in [5.41, 5.74) is 1.08. The van der Waals surface area contributed by atoms with Gasteiger partial charge in [0.2, 0.25) is 0 Å². The summed E-state index contributed by atoms with van der Waals surface area (Å²) >= 11 is 1.70. The molecule has 6 nitrogen and oxygen atoms in total. The molecule has 0 amide bonds. The minimum atomic E-state index is -3.28. The Morgan fingerprint density at radius 1 is 1.16 bits per heavy atom. The topological polar surface area (TPSA) is 83.4 Å². The van der Waals surface area contributed by atoms with Gasteiger partial charge in [0.15, 0.2) is 15.8 Å². The largest absolute Gasteiger partial charge is 0.356 e. The molecule has 2 N–H and O–H groups in total. The van der Waals surface area contributed by atoms with E-state index >= 15 is 0 Å². The molecule has 8 heteroatoms. The predicted octanol–water partition coefficient (Wildman–Crippen LogP) is 1.94. The van der Waals surface area contributed by atoms with Crippen LogP contribution in [0, 0.1) is 13.8 Å². The first-order valence-corrected chi connectivity index (χ1v) is 10.5. The van der Waals surface area contributed by atoms with Crippen LogP contribution in [-0.2, 0) is 16.3 Å². The molecule has 1 heterocycles. The quantitative estimate of drug-likeness (QED) is 0.567. The zero-order chi connectivity index (χ0) is 18.3. The van der Waals surface area contributed by atoms with Crippen molar-refractivity contribution in [2.24, 2.45) is 4.99 Å². The number of guanidine groups is 1. The molecule has 2 rings (SSSR count). The molecule has 0 aliphatic rings. The van der Waals surface area contributed by atoms with Crippen LogP contribution in [0.4, 0.5) is 0 Å². The van der Waals surface area contributed by atoms with Crippen LogP contribution in [0.25, 0.3) is 0 Å². The number of hydrogen-bond donors (Lipinski definition) is 2. The number of thiazole rings is 1. The highest BCUT2D eigenvalue weighted by molar-refractivity contribution is 7.91. The number of rotatable bonds is 7. The third kappa shape index (κ3) is 5.82. The molecule has 1 aromatic carbocycles. The van der Waals surface area contributed by atoms with Crippen LogP contribution in [0.1, 0.15) is 15.6 Å². The van der Waals surface area contributed by atoms with Crippen molar-refractivity contribution in [3.8, 4) is 0 Å². The van der Waals surface area contributed by atoms with Gasteiger partial charge in [0.25, 0.3) is 0 Å². The SMILES string of the molecule is CN=C(NCCc1nc(C)c(C)s1)NCCS(=O)(=O)c1ccccc1. The first-order valence-electron chi connectivity index (χ1n) is 8.07. The maximum absolute atomic E-state index is 12.2. The summed E-state index contributed by atoms with van der Waals surface area (Å²) in [5, 5.41) is 7.31. The number of hydrogen-bond acceptors (Lipinski definition) is 5. The van der Waals surface area contributed by atoms with Gasteiger partial charge >= 0.3 is 0 Å². The van der Waals surface area contributed by atoms with Gasteiger partial charge in [-0.15, -0.1) is 11.3 Å². The Hall–Kier alpha value is -1.93. The molecule has 0 saturated carbocycles. The van der Waals surface area contributed by atoms with Crippen LogP contribution in [0.2, 0.25) is 0 Å². The van der Waals surface area contributed by atoms with Crippen molar-refractivity contribution in [1.82, 2.24) is 15.6 Å². The average Bonchev–Trinajstić information content (AvgIpc) is 2.92. The van der Waals surface area contributed by atoms with Crippen LogP contribution < -0.4 is 10.6 Å². The van der Waals surface area contributed by atoms with Gasteiger partial charge in [0, 0.05) is 31.4 Å². The highest BCUT2D eigenvalue weighted by atomic mass is 32.2. The molecule has 25 heavy (non-hydrogen) atoms. The minimum absolute atomic E-state index is 0.0165. The molecule has 0 saturated heterocycles. The van der Waals surface area contributed by atoms with E-state index in [1.807, 2.05) is 6.92 Å².